The average molecular weight is 341 g/mol. The van der Waals surface area contributed by atoms with Gasteiger partial charge in [0.15, 0.2) is 10.7 Å². The molecule has 0 saturated heterocycles. The minimum atomic E-state index is -3.94. The number of aryl methyl sites for hydroxylation is 2. The lowest BCUT2D eigenvalue weighted by atomic mass is 10.2. The number of methoxy groups -OCH3 is 1. The van der Waals surface area contributed by atoms with Crippen LogP contribution < -0.4 is 4.72 Å². The molecule has 0 radical (unpaired) electrons. The van der Waals surface area contributed by atoms with Crippen LogP contribution in [0.4, 0.5) is 11.4 Å². The zero-order chi connectivity index (χ0) is 17.2. The molecule has 0 amide bonds. The molecule has 0 spiro atoms. The van der Waals surface area contributed by atoms with Crippen LogP contribution in [0.2, 0.25) is 0 Å². The number of nitrogens with zero attached hydrogens (tertiary/aromatic N) is 2. The fourth-order valence-electron chi connectivity index (χ4n) is 2.12. The fraction of sp³-hybridized carbons (Fsp3) is 0.308. The van der Waals surface area contributed by atoms with Crippen molar-refractivity contribution in [3.8, 4) is 0 Å². The Hall–Kier alpha value is -2.46. The standard InChI is InChI=1S/C13H15N3O6S/c1-8-13(9(2)22-14-8)23(19,20)15-12-5-4-11(16(17)18)6-10(12)7-21-3/h4-6,15H,7H2,1-3H3. The number of anilines is 1. The third-order valence-corrected chi connectivity index (χ3v) is 4.69. The van der Waals surface area contributed by atoms with Gasteiger partial charge in [-0.1, -0.05) is 5.16 Å². The first-order valence-electron chi connectivity index (χ1n) is 6.48. The molecule has 0 aliphatic carbocycles. The molecule has 0 saturated carbocycles. The molecule has 0 fully saturated rings. The molecule has 1 heterocycles. The first kappa shape index (κ1) is 16.9. The molecule has 124 valence electrons. The number of nitro groups is 1. The van der Waals surface area contributed by atoms with Gasteiger partial charge in [-0.05, 0) is 19.9 Å². The molecule has 10 heteroatoms. The molecule has 2 rings (SSSR count). The van der Waals surface area contributed by atoms with E-state index in [-0.39, 0.29) is 34.3 Å². The molecule has 1 aromatic heterocycles. The van der Waals surface area contributed by atoms with Gasteiger partial charge in [-0.3, -0.25) is 14.8 Å². The summed E-state index contributed by atoms with van der Waals surface area (Å²) in [6.45, 7) is 3.01. The largest absolute Gasteiger partial charge is 0.380 e. The lowest BCUT2D eigenvalue weighted by Gasteiger charge is -2.12. The maximum atomic E-state index is 12.5. The van der Waals surface area contributed by atoms with Crippen molar-refractivity contribution in [3.05, 3.63) is 45.3 Å². The van der Waals surface area contributed by atoms with Crippen molar-refractivity contribution in [2.75, 3.05) is 11.8 Å². The molecule has 23 heavy (non-hydrogen) atoms. The summed E-state index contributed by atoms with van der Waals surface area (Å²) in [5.74, 6) is 0.158. The normalized spacial score (nSPS) is 11.4. The Morgan fingerprint density at radius 3 is 2.61 bits per heavy atom. The lowest BCUT2D eigenvalue weighted by molar-refractivity contribution is -0.384. The Kier molecular flexibility index (Phi) is 4.66. The van der Waals surface area contributed by atoms with E-state index < -0.39 is 14.9 Å². The Labute approximate surface area is 132 Å². The van der Waals surface area contributed by atoms with E-state index in [1.165, 1.54) is 39.2 Å². The quantitative estimate of drug-likeness (QED) is 0.630. The van der Waals surface area contributed by atoms with E-state index in [1.807, 2.05) is 0 Å². The van der Waals surface area contributed by atoms with Gasteiger partial charge >= 0.3 is 0 Å². The van der Waals surface area contributed by atoms with Crippen LogP contribution in [0.5, 0.6) is 0 Å². The average Bonchev–Trinajstić information content (AvgIpc) is 2.80. The highest BCUT2D eigenvalue weighted by molar-refractivity contribution is 7.92. The van der Waals surface area contributed by atoms with E-state index in [2.05, 4.69) is 9.88 Å². The van der Waals surface area contributed by atoms with Crippen molar-refractivity contribution in [3.63, 3.8) is 0 Å². The molecule has 9 nitrogen and oxygen atoms in total. The highest BCUT2D eigenvalue weighted by Crippen LogP contribution is 2.27. The molecule has 0 aliphatic rings. The van der Waals surface area contributed by atoms with Crippen molar-refractivity contribution in [1.29, 1.82) is 0 Å². The number of hydrogen-bond donors (Lipinski definition) is 1. The molecule has 0 bridgehead atoms. The number of ether oxygens (including phenoxy) is 1. The Morgan fingerprint density at radius 2 is 2.09 bits per heavy atom. The second-order valence-corrected chi connectivity index (χ2v) is 6.41. The van der Waals surface area contributed by atoms with E-state index in [0.29, 0.717) is 5.56 Å². The van der Waals surface area contributed by atoms with Crippen molar-refractivity contribution in [2.45, 2.75) is 25.3 Å². The zero-order valence-electron chi connectivity index (χ0n) is 12.7. The van der Waals surface area contributed by atoms with Crippen LogP contribution in [-0.4, -0.2) is 25.6 Å². The number of sulfonamides is 1. The van der Waals surface area contributed by atoms with E-state index in [1.54, 1.807) is 0 Å². The summed E-state index contributed by atoms with van der Waals surface area (Å²) < 4.78 is 37.2. The Balaban J connectivity index is 2.45. The minimum Gasteiger partial charge on any atom is -0.380 e. The molecule has 1 N–H and O–H groups in total. The summed E-state index contributed by atoms with van der Waals surface area (Å²) in [6, 6.07) is 3.79. The van der Waals surface area contributed by atoms with E-state index in [4.69, 9.17) is 9.26 Å². The SMILES string of the molecule is COCc1cc([N+](=O)[O-])ccc1NS(=O)(=O)c1c(C)noc1C. The second kappa shape index (κ2) is 6.34. The summed E-state index contributed by atoms with van der Waals surface area (Å²) in [5, 5.41) is 14.4. The summed E-state index contributed by atoms with van der Waals surface area (Å²) in [6.07, 6.45) is 0. The summed E-state index contributed by atoms with van der Waals surface area (Å²) in [5.41, 5.74) is 0.608. The van der Waals surface area contributed by atoms with Crippen molar-refractivity contribution in [1.82, 2.24) is 5.16 Å². The molecule has 0 unspecified atom stereocenters. The number of nitrogens with one attached hydrogen (secondary N) is 1. The number of aromatic nitrogens is 1. The highest BCUT2D eigenvalue weighted by Gasteiger charge is 2.25. The van der Waals surface area contributed by atoms with Gasteiger partial charge in [0.05, 0.1) is 17.2 Å². The van der Waals surface area contributed by atoms with Gasteiger partial charge < -0.3 is 9.26 Å². The van der Waals surface area contributed by atoms with Crippen LogP contribution in [-0.2, 0) is 21.4 Å². The summed E-state index contributed by atoms with van der Waals surface area (Å²) in [7, 11) is -2.53. The van der Waals surface area contributed by atoms with Crippen LogP contribution >= 0.6 is 0 Å². The van der Waals surface area contributed by atoms with Gasteiger partial charge in [-0.2, -0.15) is 0 Å². The lowest BCUT2D eigenvalue weighted by Crippen LogP contribution is -2.16. The van der Waals surface area contributed by atoms with Crippen molar-refractivity contribution >= 4 is 21.4 Å². The number of hydrogen-bond acceptors (Lipinski definition) is 7. The maximum Gasteiger partial charge on any atom is 0.269 e. The Bertz CT molecular complexity index is 824. The molecule has 1 aromatic carbocycles. The van der Waals surface area contributed by atoms with Crippen LogP contribution in [0.15, 0.2) is 27.6 Å². The van der Waals surface area contributed by atoms with E-state index in [9.17, 15) is 18.5 Å². The number of nitro benzene ring substituents is 1. The van der Waals surface area contributed by atoms with Crippen molar-refractivity contribution < 1.29 is 22.6 Å². The highest BCUT2D eigenvalue weighted by atomic mass is 32.2. The first-order chi connectivity index (χ1) is 10.8. The van der Waals surface area contributed by atoms with Gasteiger partial charge in [0.25, 0.3) is 15.7 Å². The third-order valence-electron chi connectivity index (χ3n) is 3.08. The monoisotopic (exact) mass is 341 g/mol. The van der Waals surface area contributed by atoms with Gasteiger partial charge in [0.1, 0.15) is 5.69 Å². The second-order valence-electron chi connectivity index (χ2n) is 4.79. The van der Waals surface area contributed by atoms with Gasteiger partial charge in [-0.25, -0.2) is 8.42 Å². The van der Waals surface area contributed by atoms with E-state index in [0.717, 1.165) is 0 Å². The molecular formula is C13H15N3O6S. The summed E-state index contributed by atoms with van der Waals surface area (Å²) in [4.78, 5) is 10.2. The van der Waals surface area contributed by atoms with Crippen LogP contribution in [0, 0.1) is 24.0 Å². The minimum absolute atomic E-state index is 0.0150. The Morgan fingerprint density at radius 1 is 1.39 bits per heavy atom. The number of benzene rings is 1. The third kappa shape index (κ3) is 3.48. The van der Waals surface area contributed by atoms with Crippen LogP contribution in [0.3, 0.4) is 0 Å². The van der Waals surface area contributed by atoms with E-state index >= 15 is 0 Å². The number of rotatable bonds is 6. The summed E-state index contributed by atoms with van der Waals surface area (Å²) >= 11 is 0. The van der Waals surface area contributed by atoms with Gasteiger partial charge in [0, 0.05) is 24.8 Å². The number of non-ortho nitro benzene ring substituents is 1. The van der Waals surface area contributed by atoms with Crippen LogP contribution in [0.1, 0.15) is 17.0 Å². The predicted molar refractivity (Wildman–Crippen MR) is 80.6 cm³/mol. The molecule has 0 aliphatic heterocycles. The predicted octanol–water partition coefficient (Wildman–Crippen LogP) is 2.15. The maximum absolute atomic E-state index is 12.5. The molecular weight excluding hydrogens is 326 g/mol. The van der Waals surface area contributed by atoms with Crippen molar-refractivity contribution in [2.24, 2.45) is 0 Å². The van der Waals surface area contributed by atoms with Gasteiger partial charge in [0.2, 0.25) is 0 Å². The molecule has 2 aromatic rings. The molecule has 0 atom stereocenters. The zero-order valence-corrected chi connectivity index (χ0v) is 13.5. The topological polar surface area (TPSA) is 125 Å². The smallest absolute Gasteiger partial charge is 0.269 e. The fourth-order valence-corrected chi connectivity index (χ4v) is 3.55. The van der Waals surface area contributed by atoms with Gasteiger partial charge in [-0.15, -0.1) is 0 Å². The first-order valence-corrected chi connectivity index (χ1v) is 7.96. The van der Waals surface area contributed by atoms with Crippen LogP contribution in [0.25, 0.3) is 0 Å².